The first-order chi connectivity index (χ1) is 10.4. The first-order valence-electron chi connectivity index (χ1n) is 8.10. The summed E-state index contributed by atoms with van der Waals surface area (Å²) in [5.41, 5.74) is 3.84. The summed E-state index contributed by atoms with van der Waals surface area (Å²) >= 11 is 0. The highest BCUT2D eigenvalue weighted by atomic mass is 31.2. The van der Waals surface area contributed by atoms with Gasteiger partial charge < -0.3 is 9.79 Å². The second kappa shape index (κ2) is 10.2. The highest BCUT2D eigenvalue weighted by Crippen LogP contribution is 2.36. The quantitative estimate of drug-likeness (QED) is 0.425. The molecule has 2 N–H and O–H groups in total. The van der Waals surface area contributed by atoms with Gasteiger partial charge in [-0.05, 0) is 51.9 Å². The van der Waals surface area contributed by atoms with Crippen molar-refractivity contribution in [2.24, 2.45) is 5.41 Å². The van der Waals surface area contributed by atoms with E-state index < -0.39 is 7.82 Å². The Balaban J connectivity index is 4.54. The second-order valence-corrected chi connectivity index (χ2v) is 8.41. The lowest BCUT2D eigenvalue weighted by Crippen LogP contribution is -2.10. The van der Waals surface area contributed by atoms with Crippen LogP contribution in [0.4, 0.5) is 0 Å². The Morgan fingerprint density at radius 2 is 1.57 bits per heavy atom. The lowest BCUT2D eigenvalue weighted by atomic mass is 9.83. The monoisotopic (exact) mass is 344 g/mol. The molecule has 0 saturated carbocycles. The zero-order chi connectivity index (χ0) is 18.1. The van der Waals surface area contributed by atoms with Gasteiger partial charge in [0.15, 0.2) is 0 Å². The van der Waals surface area contributed by atoms with Crippen LogP contribution in [0, 0.1) is 5.41 Å². The Kier molecular flexibility index (Phi) is 9.95. The van der Waals surface area contributed by atoms with Crippen LogP contribution in [0.25, 0.3) is 0 Å². The van der Waals surface area contributed by atoms with E-state index in [2.05, 4.69) is 58.2 Å². The Morgan fingerprint density at radius 3 is 2.04 bits per heavy atom. The molecule has 0 bridgehead atoms. The van der Waals surface area contributed by atoms with Crippen LogP contribution < -0.4 is 0 Å². The molecule has 4 nitrogen and oxygen atoms in total. The van der Waals surface area contributed by atoms with Crippen molar-refractivity contribution in [3.8, 4) is 0 Å². The second-order valence-electron chi connectivity index (χ2n) is 7.18. The predicted octanol–water partition coefficient (Wildman–Crippen LogP) is 5.54. The van der Waals surface area contributed by atoms with Gasteiger partial charge in [-0.3, -0.25) is 4.52 Å². The number of phosphoric acid groups is 1. The lowest BCUT2D eigenvalue weighted by molar-refractivity contribution is 0.214. The summed E-state index contributed by atoms with van der Waals surface area (Å²) in [6.07, 6.45) is 10.2. The van der Waals surface area contributed by atoms with Gasteiger partial charge in [0.25, 0.3) is 0 Å². The van der Waals surface area contributed by atoms with Crippen LogP contribution in [0.2, 0.25) is 0 Å². The Labute approximate surface area is 141 Å². The third-order valence-corrected chi connectivity index (χ3v) is 4.02. The van der Waals surface area contributed by atoms with E-state index >= 15 is 0 Å². The fourth-order valence-electron chi connectivity index (χ4n) is 2.18. The van der Waals surface area contributed by atoms with Gasteiger partial charge in [-0.1, -0.05) is 55.7 Å². The minimum Gasteiger partial charge on any atom is -0.303 e. The van der Waals surface area contributed by atoms with Crippen LogP contribution in [0.5, 0.6) is 0 Å². The summed E-state index contributed by atoms with van der Waals surface area (Å²) in [6, 6.07) is 0. The lowest BCUT2D eigenvalue weighted by Gasteiger charge is -2.23. The third kappa shape index (κ3) is 13.5. The van der Waals surface area contributed by atoms with E-state index in [0.29, 0.717) is 0 Å². The number of phosphoric ester groups is 1. The van der Waals surface area contributed by atoms with Gasteiger partial charge in [-0.2, -0.15) is 0 Å². The molecule has 0 aromatic carbocycles. The largest absolute Gasteiger partial charge is 0.469 e. The molecule has 0 saturated heterocycles. The van der Waals surface area contributed by atoms with Crippen LogP contribution in [0.15, 0.2) is 34.9 Å². The van der Waals surface area contributed by atoms with Crippen molar-refractivity contribution in [3.63, 3.8) is 0 Å². The first kappa shape index (κ1) is 22.3. The predicted molar refractivity (Wildman–Crippen MR) is 97.2 cm³/mol. The molecular formula is C18H33O4P. The van der Waals surface area contributed by atoms with E-state index in [4.69, 9.17) is 9.79 Å². The van der Waals surface area contributed by atoms with E-state index in [0.717, 1.165) is 31.3 Å². The van der Waals surface area contributed by atoms with Crippen molar-refractivity contribution in [1.82, 2.24) is 0 Å². The SMILES string of the molecule is CC(C)=CCC/C(C)=C/CC/C(=C/COP(=O)(O)O)C(C)(C)C. The van der Waals surface area contributed by atoms with Crippen molar-refractivity contribution in [2.75, 3.05) is 6.61 Å². The molecule has 5 heteroatoms. The maximum absolute atomic E-state index is 10.7. The van der Waals surface area contributed by atoms with Crippen LogP contribution in [-0.2, 0) is 9.09 Å². The minimum absolute atomic E-state index is 0.0396. The molecule has 0 heterocycles. The first-order valence-corrected chi connectivity index (χ1v) is 9.63. The average molecular weight is 344 g/mol. The summed E-state index contributed by atoms with van der Waals surface area (Å²) in [6.45, 7) is 12.6. The smallest absolute Gasteiger partial charge is 0.303 e. The molecule has 0 aliphatic carbocycles. The van der Waals surface area contributed by atoms with Crippen molar-refractivity contribution in [1.29, 1.82) is 0 Å². The molecule has 0 fully saturated rings. The standard InChI is InChI=1S/C18H33O4P/c1-15(2)9-7-10-16(3)11-8-12-17(18(4,5)6)13-14-22-23(19,20)21/h9,11,13H,7-8,10,12,14H2,1-6H3,(H2,19,20,21)/b16-11+,17-13-. The van der Waals surface area contributed by atoms with Gasteiger partial charge in [-0.15, -0.1) is 0 Å². The van der Waals surface area contributed by atoms with Gasteiger partial charge >= 0.3 is 7.82 Å². The third-order valence-electron chi connectivity index (χ3n) is 3.53. The molecule has 0 spiro atoms. The molecule has 0 aromatic rings. The molecule has 0 aromatic heterocycles. The van der Waals surface area contributed by atoms with Gasteiger partial charge in [0.05, 0.1) is 6.61 Å². The maximum atomic E-state index is 10.7. The number of rotatable bonds is 9. The van der Waals surface area contributed by atoms with Crippen LogP contribution in [0.1, 0.15) is 67.2 Å². The van der Waals surface area contributed by atoms with Gasteiger partial charge in [-0.25, -0.2) is 4.57 Å². The van der Waals surface area contributed by atoms with Crippen molar-refractivity contribution in [3.05, 3.63) is 34.9 Å². The van der Waals surface area contributed by atoms with E-state index in [1.807, 2.05) is 0 Å². The highest BCUT2D eigenvalue weighted by Gasteiger charge is 2.17. The zero-order valence-corrected chi connectivity index (χ0v) is 16.3. The van der Waals surface area contributed by atoms with E-state index in [1.54, 1.807) is 6.08 Å². The van der Waals surface area contributed by atoms with E-state index in [9.17, 15) is 4.57 Å². The van der Waals surface area contributed by atoms with Gasteiger partial charge in [0.2, 0.25) is 0 Å². The number of hydrogen-bond donors (Lipinski definition) is 2. The molecule has 134 valence electrons. The van der Waals surface area contributed by atoms with E-state index in [1.165, 1.54) is 11.1 Å². The molecule has 0 atom stereocenters. The molecule has 0 aliphatic rings. The number of allylic oxidation sites excluding steroid dienone is 5. The Morgan fingerprint density at radius 1 is 1.00 bits per heavy atom. The molecule has 0 amide bonds. The summed E-state index contributed by atoms with van der Waals surface area (Å²) in [5, 5.41) is 0. The van der Waals surface area contributed by atoms with Crippen LogP contribution in [0.3, 0.4) is 0 Å². The fraction of sp³-hybridized carbons (Fsp3) is 0.667. The fourth-order valence-corrected chi connectivity index (χ4v) is 2.45. The molecule has 0 aliphatic heterocycles. The van der Waals surface area contributed by atoms with Crippen LogP contribution >= 0.6 is 7.82 Å². The summed E-state index contributed by atoms with van der Waals surface area (Å²) in [4.78, 5) is 17.5. The Bertz CT molecular complexity index is 486. The maximum Gasteiger partial charge on any atom is 0.469 e. The van der Waals surface area contributed by atoms with E-state index in [-0.39, 0.29) is 12.0 Å². The highest BCUT2D eigenvalue weighted by molar-refractivity contribution is 7.46. The summed E-state index contributed by atoms with van der Waals surface area (Å²) in [7, 11) is -4.40. The molecule has 0 unspecified atom stereocenters. The summed E-state index contributed by atoms with van der Waals surface area (Å²) < 4.78 is 15.3. The van der Waals surface area contributed by atoms with Crippen molar-refractivity contribution >= 4 is 7.82 Å². The molecular weight excluding hydrogens is 311 g/mol. The normalized spacial score (nSPS) is 14.1. The van der Waals surface area contributed by atoms with Gasteiger partial charge in [0.1, 0.15) is 0 Å². The molecule has 0 radical (unpaired) electrons. The average Bonchev–Trinajstić information content (AvgIpc) is 2.33. The Hall–Kier alpha value is -0.670. The molecule has 0 rings (SSSR count). The zero-order valence-electron chi connectivity index (χ0n) is 15.4. The van der Waals surface area contributed by atoms with Gasteiger partial charge in [0, 0.05) is 0 Å². The summed E-state index contributed by atoms with van der Waals surface area (Å²) in [5.74, 6) is 0. The van der Waals surface area contributed by atoms with Crippen molar-refractivity contribution < 1.29 is 18.9 Å². The molecule has 23 heavy (non-hydrogen) atoms. The minimum atomic E-state index is -4.40. The van der Waals surface area contributed by atoms with Crippen LogP contribution in [-0.4, -0.2) is 16.4 Å². The van der Waals surface area contributed by atoms with Crippen molar-refractivity contribution in [2.45, 2.75) is 67.2 Å². The number of hydrogen-bond acceptors (Lipinski definition) is 2. The topological polar surface area (TPSA) is 66.8 Å².